The molecule has 1 spiro atoms. The molecule has 2 heteroatoms. The summed E-state index contributed by atoms with van der Waals surface area (Å²) in [7, 11) is 0. The van der Waals surface area contributed by atoms with Crippen LogP contribution >= 0.6 is 0 Å². The maximum Gasteiger partial charge on any atom is 0.00796 e. The molecule has 0 aromatic rings. The van der Waals surface area contributed by atoms with E-state index < -0.39 is 0 Å². The summed E-state index contributed by atoms with van der Waals surface area (Å²) >= 11 is 0. The van der Waals surface area contributed by atoms with Gasteiger partial charge in [0.2, 0.25) is 0 Å². The van der Waals surface area contributed by atoms with Crippen LogP contribution in [0, 0.1) is 11.3 Å². The predicted octanol–water partition coefficient (Wildman–Crippen LogP) is 3.03. The summed E-state index contributed by atoms with van der Waals surface area (Å²) in [5, 5.41) is 3.59. The number of hydrogen-bond donors (Lipinski definition) is 1. The highest BCUT2D eigenvalue weighted by atomic mass is 15.1. The minimum absolute atomic E-state index is 0.746. The van der Waals surface area contributed by atoms with Crippen LogP contribution in [0.4, 0.5) is 0 Å². The normalized spacial score (nSPS) is 37.2. The van der Waals surface area contributed by atoms with E-state index in [1.807, 2.05) is 0 Å². The lowest BCUT2D eigenvalue weighted by Gasteiger charge is -2.45. The average molecular weight is 250 g/mol. The second kappa shape index (κ2) is 5.50. The van der Waals surface area contributed by atoms with Crippen molar-refractivity contribution in [3.63, 3.8) is 0 Å². The fraction of sp³-hybridized carbons (Fsp3) is 1.00. The highest BCUT2D eigenvalue weighted by molar-refractivity contribution is 4.90. The van der Waals surface area contributed by atoms with E-state index in [1.165, 1.54) is 77.5 Å². The van der Waals surface area contributed by atoms with Gasteiger partial charge < -0.3 is 10.2 Å². The largest absolute Gasteiger partial charge is 0.314 e. The van der Waals surface area contributed by atoms with Crippen molar-refractivity contribution in [3.8, 4) is 0 Å². The number of rotatable bonds is 2. The van der Waals surface area contributed by atoms with Crippen molar-refractivity contribution < 1.29 is 0 Å². The molecule has 3 rings (SSSR count). The molecule has 1 aliphatic carbocycles. The molecular formula is C16H30N2. The Morgan fingerprint density at radius 2 is 1.78 bits per heavy atom. The van der Waals surface area contributed by atoms with Gasteiger partial charge >= 0.3 is 0 Å². The Morgan fingerprint density at radius 3 is 2.39 bits per heavy atom. The van der Waals surface area contributed by atoms with Crippen LogP contribution < -0.4 is 5.32 Å². The van der Waals surface area contributed by atoms with Crippen LogP contribution in [0.15, 0.2) is 0 Å². The summed E-state index contributed by atoms with van der Waals surface area (Å²) in [5.41, 5.74) is 0.772. The molecule has 2 unspecified atom stereocenters. The lowest BCUT2D eigenvalue weighted by atomic mass is 9.68. The zero-order valence-corrected chi connectivity index (χ0v) is 12.1. The summed E-state index contributed by atoms with van der Waals surface area (Å²) in [6, 6.07) is 0.746. The molecule has 104 valence electrons. The van der Waals surface area contributed by atoms with Crippen LogP contribution in [0.1, 0.15) is 58.3 Å². The summed E-state index contributed by atoms with van der Waals surface area (Å²) in [6.45, 7) is 7.71. The third-order valence-electron chi connectivity index (χ3n) is 6.01. The van der Waals surface area contributed by atoms with Gasteiger partial charge in [-0.1, -0.05) is 19.3 Å². The van der Waals surface area contributed by atoms with Crippen molar-refractivity contribution in [2.75, 3.05) is 26.2 Å². The van der Waals surface area contributed by atoms with E-state index in [1.54, 1.807) is 0 Å². The number of nitrogens with one attached hydrogen (secondary N) is 1. The third-order valence-corrected chi connectivity index (χ3v) is 6.01. The fourth-order valence-corrected chi connectivity index (χ4v) is 4.51. The van der Waals surface area contributed by atoms with Crippen molar-refractivity contribution in [1.82, 2.24) is 10.2 Å². The van der Waals surface area contributed by atoms with E-state index in [0.29, 0.717) is 0 Å². The first kappa shape index (κ1) is 12.9. The van der Waals surface area contributed by atoms with Crippen LogP contribution in [0.3, 0.4) is 0 Å². The van der Waals surface area contributed by atoms with Crippen molar-refractivity contribution in [3.05, 3.63) is 0 Å². The first-order chi connectivity index (χ1) is 8.77. The molecule has 2 atom stereocenters. The zero-order chi connectivity index (χ0) is 12.4. The van der Waals surface area contributed by atoms with Crippen molar-refractivity contribution in [2.24, 2.45) is 11.3 Å². The van der Waals surface area contributed by atoms with Crippen LogP contribution in [0.25, 0.3) is 0 Å². The number of hydrogen-bond acceptors (Lipinski definition) is 2. The predicted molar refractivity (Wildman–Crippen MR) is 76.8 cm³/mol. The molecule has 2 aliphatic heterocycles. The maximum absolute atomic E-state index is 3.59. The van der Waals surface area contributed by atoms with Gasteiger partial charge in [0.1, 0.15) is 0 Å². The van der Waals surface area contributed by atoms with Crippen molar-refractivity contribution in [1.29, 1.82) is 0 Å². The molecule has 0 aromatic carbocycles. The molecule has 2 heterocycles. The molecule has 2 nitrogen and oxygen atoms in total. The third kappa shape index (κ3) is 2.75. The monoisotopic (exact) mass is 250 g/mol. The summed E-state index contributed by atoms with van der Waals surface area (Å²) < 4.78 is 0. The van der Waals surface area contributed by atoms with E-state index in [4.69, 9.17) is 0 Å². The van der Waals surface area contributed by atoms with E-state index in [2.05, 4.69) is 17.1 Å². The van der Waals surface area contributed by atoms with E-state index >= 15 is 0 Å². The first-order valence-electron chi connectivity index (χ1n) is 8.23. The molecule has 18 heavy (non-hydrogen) atoms. The van der Waals surface area contributed by atoms with Gasteiger partial charge in [-0.15, -0.1) is 0 Å². The molecule has 0 aromatic heterocycles. The van der Waals surface area contributed by atoms with E-state index in [-0.39, 0.29) is 0 Å². The second-order valence-electron chi connectivity index (χ2n) is 7.15. The van der Waals surface area contributed by atoms with Crippen LogP contribution in [-0.4, -0.2) is 37.1 Å². The van der Waals surface area contributed by atoms with Gasteiger partial charge in [0, 0.05) is 12.6 Å². The van der Waals surface area contributed by atoms with E-state index in [0.717, 1.165) is 17.4 Å². The maximum atomic E-state index is 3.59. The lowest BCUT2D eigenvalue weighted by Crippen LogP contribution is -2.44. The Bertz CT molecular complexity index is 260. The molecule has 1 saturated carbocycles. The molecule has 2 saturated heterocycles. The lowest BCUT2D eigenvalue weighted by molar-refractivity contribution is 0.0590. The quantitative estimate of drug-likeness (QED) is 0.810. The van der Waals surface area contributed by atoms with Gasteiger partial charge in [-0.2, -0.15) is 0 Å². The Labute approximate surface area is 113 Å². The minimum Gasteiger partial charge on any atom is -0.314 e. The zero-order valence-electron chi connectivity index (χ0n) is 12.1. The topological polar surface area (TPSA) is 15.3 Å². The van der Waals surface area contributed by atoms with Gasteiger partial charge in [0.25, 0.3) is 0 Å². The molecule has 0 radical (unpaired) electrons. The Balaban J connectivity index is 1.47. The molecular weight excluding hydrogens is 220 g/mol. The summed E-state index contributed by atoms with van der Waals surface area (Å²) in [6.07, 6.45) is 11.9. The van der Waals surface area contributed by atoms with Crippen molar-refractivity contribution in [2.45, 2.75) is 64.3 Å². The van der Waals surface area contributed by atoms with Gasteiger partial charge in [-0.25, -0.2) is 0 Å². The molecule has 3 aliphatic rings. The van der Waals surface area contributed by atoms with Crippen molar-refractivity contribution >= 4 is 0 Å². The van der Waals surface area contributed by atoms with Crippen LogP contribution in [-0.2, 0) is 0 Å². The van der Waals surface area contributed by atoms with Gasteiger partial charge in [0.05, 0.1) is 0 Å². The highest BCUT2D eigenvalue weighted by Gasteiger charge is 2.36. The summed E-state index contributed by atoms with van der Waals surface area (Å²) in [4.78, 5) is 2.76. The second-order valence-corrected chi connectivity index (χ2v) is 7.15. The number of piperidine rings is 1. The van der Waals surface area contributed by atoms with E-state index in [9.17, 15) is 0 Å². The van der Waals surface area contributed by atoms with Crippen LogP contribution in [0.2, 0.25) is 0 Å². The first-order valence-corrected chi connectivity index (χ1v) is 8.23. The molecule has 3 fully saturated rings. The molecule has 0 bridgehead atoms. The average Bonchev–Trinajstić information content (AvgIpc) is 2.79. The Hall–Kier alpha value is -0.0800. The van der Waals surface area contributed by atoms with Gasteiger partial charge in [0.15, 0.2) is 0 Å². The fourth-order valence-electron chi connectivity index (χ4n) is 4.51. The smallest absolute Gasteiger partial charge is 0.00796 e. The van der Waals surface area contributed by atoms with Crippen LogP contribution in [0.5, 0.6) is 0 Å². The minimum atomic E-state index is 0.746. The van der Waals surface area contributed by atoms with Gasteiger partial charge in [-0.05, 0) is 70.0 Å². The number of likely N-dealkylation sites (tertiary alicyclic amines) is 1. The highest BCUT2D eigenvalue weighted by Crippen LogP contribution is 2.44. The SMILES string of the molecule is CC1NCCC1CN1CCC2(CCCCC2)CC1. The standard InChI is InChI=1S/C16H30N2/c1-14-15(5-10-17-14)13-18-11-8-16(9-12-18)6-3-2-4-7-16/h14-15,17H,2-13H2,1H3. The Kier molecular flexibility index (Phi) is 3.95. The molecule has 0 amide bonds. The summed E-state index contributed by atoms with van der Waals surface area (Å²) in [5.74, 6) is 0.908. The molecule has 1 N–H and O–H groups in total. The number of nitrogens with zero attached hydrogens (tertiary/aromatic N) is 1. The Morgan fingerprint density at radius 1 is 1.06 bits per heavy atom. The van der Waals surface area contributed by atoms with Gasteiger partial charge in [-0.3, -0.25) is 0 Å².